The van der Waals surface area contributed by atoms with E-state index >= 15 is 0 Å². The van der Waals surface area contributed by atoms with Crippen LogP contribution in [0.2, 0.25) is 0 Å². The molecule has 2 amide bonds. The van der Waals surface area contributed by atoms with Gasteiger partial charge in [-0.05, 0) is 19.3 Å². The highest BCUT2D eigenvalue weighted by Gasteiger charge is 2.26. The Bertz CT molecular complexity index is 565. The summed E-state index contributed by atoms with van der Waals surface area (Å²) in [4.78, 5) is 28.7. The molecule has 0 aromatic carbocycles. The Balaban J connectivity index is 2.23. The maximum atomic E-state index is 12.3. The second kappa shape index (κ2) is 7.74. The molecule has 2 heterocycles. The topological polar surface area (TPSA) is 85.2 Å². The summed E-state index contributed by atoms with van der Waals surface area (Å²) < 4.78 is 6.77. The quantitative estimate of drug-likeness (QED) is 0.568. The third-order valence-corrected chi connectivity index (χ3v) is 3.53. The third kappa shape index (κ3) is 3.54. The molecule has 7 heteroatoms. The van der Waals surface area contributed by atoms with Crippen molar-refractivity contribution >= 4 is 11.8 Å². The average Bonchev–Trinajstić information content (AvgIpc) is 2.92. The minimum absolute atomic E-state index is 0.259. The van der Waals surface area contributed by atoms with Crippen molar-refractivity contribution in [2.24, 2.45) is 0 Å². The molecule has 0 radical (unpaired) electrons. The largest absolute Gasteiger partial charge is 0.383 e. The Morgan fingerprint density at radius 2 is 2.18 bits per heavy atom. The van der Waals surface area contributed by atoms with E-state index in [0.717, 1.165) is 25.0 Å². The zero-order chi connectivity index (χ0) is 15.9. The lowest BCUT2D eigenvalue weighted by Crippen LogP contribution is -2.28. The van der Waals surface area contributed by atoms with Crippen molar-refractivity contribution in [2.75, 3.05) is 26.8 Å². The minimum Gasteiger partial charge on any atom is -0.383 e. The van der Waals surface area contributed by atoms with Crippen LogP contribution in [0.1, 0.15) is 39.6 Å². The highest BCUT2D eigenvalue weighted by Crippen LogP contribution is 2.21. The van der Waals surface area contributed by atoms with Crippen LogP contribution >= 0.6 is 0 Å². The fourth-order valence-electron chi connectivity index (χ4n) is 2.49. The van der Waals surface area contributed by atoms with Crippen LogP contribution < -0.4 is 10.6 Å². The molecule has 1 aromatic heterocycles. The van der Waals surface area contributed by atoms with Gasteiger partial charge in [-0.3, -0.25) is 9.59 Å². The molecule has 0 fully saturated rings. The fourth-order valence-corrected chi connectivity index (χ4v) is 2.49. The van der Waals surface area contributed by atoms with E-state index in [0.29, 0.717) is 37.8 Å². The molecule has 0 atom stereocenters. The number of hydrogen-bond acceptors (Lipinski definition) is 4. The zero-order valence-electron chi connectivity index (χ0n) is 12.9. The summed E-state index contributed by atoms with van der Waals surface area (Å²) >= 11 is 0. The summed E-state index contributed by atoms with van der Waals surface area (Å²) in [6.45, 7) is 5.51. The maximum absolute atomic E-state index is 12.3. The van der Waals surface area contributed by atoms with E-state index < -0.39 is 0 Å². The fraction of sp³-hybridized carbons (Fsp3) is 0.533. The predicted molar refractivity (Wildman–Crippen MR) is 81.9 cm³/mol. The normalized spacial score (nSPS) is 13.3. The Kier molecular flexibility index (Phi) is 5.71. The molecule has 1 aliphatic heterocycles. The second-order valence-electron chi connectivity index (χ2n) is 5.09. The summed E-state index contributed by atoms with van der Waals surface area (Å²) in [6, 6.07) is 0. The third-order valence-electron chi connectivity index (χ3n) is 3.53. The summed E-state index contributed by atoms with van der Waals surface area (Å²) in [5.41, 5.74) is 1.18. The smallest absolute Gasteiger partial charge is 0.287 e. The molecule has 0 saturated heterocycles. The highest BCUT2D eigenvalue weighted by molar-refractivity contribution is 5.97. The number of carbonyl (C=O) groups is 2. The SMILES string of the molecule is C=CCNC(=O)c1nc(C(=O)NCCOC)c2n1CCCC2. The number of hydrogen-bond donors (Lipinski definition) is 2. The molecule has 0 spiro atoms. The van der Waals surface area contributed by atoms with E-state index in [4.69, 9.17) is 4.74 Å². The second-order valence-corrected chi connectivity index (χ2v) is 5.09. The highest BCUT2D eigenvalue weighted by atomic mass is 16.5. The van der Waals surface area contributed by atoms with Gasteiger partial charge in [-0.1, -0.05) is 6.08 Å². The number of nitrogens with zero attached hydrogens (tertiary/aromatic N) is 2. The van der Waals surface area contributed by atoms with Crippen LogP contribution in [-0.4, -0.2) is 48.2 Å². The summed E-state index contributed by atoms with van der Waals surface area (Å²) in [7, 11) is 1.58. The predicted octanol–water partition coefficient (Wildman–Crippen LogP) is 0.511. The van der Waals surface area contributed by atoms with Gasteiger partial charge in [0, 0.05) is 26.7 Å². The first kappa shape index (κ1) is 16.2. The van der Waals surface area contributed by atoms with Gasteiger partial charge in [0.25, 0.3) is 11.8 Å². The van der Waals surface area contributed by atoms with Gasteiger partial charge in [-0.2, -0.15) is 0 Å². The molecular formula is C15H22N4O3. The van der Waals surface area contributed by atoms with Crippen LogP contribution in [0, 0.1) is 0 Å². The van der Waals surface area contributed by atoms with E-state index in [1.807, 2.05) is 4.57 Å². The molecule has 7 nitrogen and oxygen atoms in total. The first-order chi connectivity index (χ1) is 10.7. The van der Waals surface area contributed by atoms with Crippen LogP contribution in [-0.2, 0) is 17.7 Å². The maximum Gasteiger partial charge on any atom is 0.287 e. The number of carbonyl (C=O) groups excluding carboxylic acids is 2. The van der Waals surface area contributed by atoms with Crippen LogP contribution in [0.5, 0.6) is 0 Å². The number of amides is 2. The van der Waals surface area contributed by atoms with Gasteiger partial charge in [0.05, 0.1) is 12.3 Å². The number of methoxy groups -OCH3 is 1. The lowest BCUT2D eigenvalue weighted by Gasteiger charge is -2.16. The number of ether oxygens (including phenoxy) is 1. The number of imidazole rings is 1. The molecule has 0 saturated carbocycles. The van der Waals surface area contributed by atoms with Crippen molar-refractivity contribution in [1.82, 2.24) is 20.2 Å². The van der Waals surface area contributed by atoms with Crippen LogP contribution in [0.25, 0.3) is 0 Å². The van der Waals surface area contributed by atoms with E-state index in [9.17, 15) is 9.59 Å². The van der Waals surface area contributed by atoms with E-state index in [2.05, 4.69) is 22.2 Å². The van der Waals surface area contributed by atoms with Gasteiger partial charge < -0.3 is 19.9 Å². The molecule has 0 aliphatic carbocycles. The van der Waals surface area contributed by atoms with Crippen molar-refractivity contribution < 1.29 is 14.3 Å². The molecule has 2 N–H and O–H groups in total. The number of nitrogens with one attached hydrogen (secondary N) is 2. The molecule has 0 unspecified atom stereocenters. The van der Waals surface area contributed by atoms with Crippen LogP contribution in [0.15, 0.2) is 12.7 Å². The van der Waals surface area contributed by atoms with Gasteiger partial charge in [0.2, 0.25) is 0 Å². The van der Waals surface area contributed by atoms with Gasteiger partial charge >= 0.3 is 0 Å². The van der Waals surface area contributed by atoms with Crippen molar-refractivity contribution in [3.05, 3.63) is 29.9 Å². The standard InChI is InChI=1S/C15H22N4O3/c1-3-7-16-15(21)13-18-12(14(20)17-8-10-22-2)11-6-4-5-9-19(11)13/h3H,1,4-10H2,2H3,(H,16,21)(H,17,20). The Hall–Kier alpha value is -2.15. The number of aromatic nitrogens is 2. The molecule has 2 rings (SSSR count). The van der Waals surface area contributed by atoms with Crippen LogP contribution in [0.3, 0.4) is 0 Å². The van der Waals surface area contributed by atoms with Crippen molar-refractivity contribution in [1.29, 1.82) is 0 Å². The molecular weight excluding hydrogens is 284 g/mol. The van der Waals surface area contributed by atoms with E-state index in [1.54, 1.807) is 13.2 Å². The van der Waals surface area contributed by atoms with Crippen LogP contribution in [0.4, 0.5) is 0 Å². The summed E-state index contributed by atoms with van der Waals surface area (Å²) in [5, 5.41) is 5.47. The van der Waals surface area contributed by atoms with Gasteiger partial charge in [0.15, 0.2) is 5.82 Å². The zero-order valence-corrected chi connectivity index (χ0v) is 12.9. The van der Waals surface area contributed by atoms with Gasteiger partial charge in [-0.25, -0.2) is 4.98 Å². The van der Waals surface area contributed by atoms with E-state index in [-0.39, 0.29) is 11.8 Å². The molecule has 1 aromatic rings. The van der Waals surface area contributed by atoms with E-state index in [1.165, 1.54) is 0 Å². The lowest BCUT2D eigenvalue weighted by atomic mass is 10.1. The first-order valence-electron chi connectivity index (χ1n) is 7.44. The summed E-state index contributed by atoms with van der Waals surface area (Å²) in [5.74, 6) is -0.238. The lowest BCUT2D eigenvalue weighted by molar-refractivity contribution is 0.0931. The molecule has 22 heavy (non-hydrogen) atoms. The monoisotopic (exact) mass is 306 g/mol. The van der Waals surface area contributed by atoms with Crippen molar-refractivity contribution in [3.63, 3.8) is 0 Å². The molecule has 0 bridgehead atoms. The van der Waals surface area contributed by atoms with Gasteiger partial charge in [0.1, 0.15) is 5.69 Å². The Morgan fingerprint density at radius 1 is 1.36 bits per heavy atom. The van der Waals surface area contributed by atoms with Crippen molar-refractivity contribution in [2.45, 2.75) is 25.8 Å². The Labute approximate surface area is 129 Å². The number of rotatable bonds is 7. The summed E-state index contributed by atoms with van der Waals surface area (Å²) in [6.07, 6.45) is 4.35. The number of fused-ring (bicyclic) bond motifs is 1. The van der Waals surface area contributed by atoms with Gasteiger partial charge in [-0.15, -0.1) is 6.58 Å². The molecule has 1 aliphatic rings. The average molecular weight is 306 g/mol. The molecule has 120 valence electrons. The van der Waals surface area contributed by atoms with Crippen molar-refractivity contribution in [3.8, 4) is 0 Å². The first-order valence-corrected chi connectivity index (χ1v) is 7.44. The minimum atomic E-state index is -0.279. The Morgan fingerprint density at radius 3 is 2.91 bits per heavy atom.